The van der Waals surface area contributed by atoms with Crippen LogP contribution in [0.4, 0.5) is 5.95 Å². The second-order valence-electron chi connectivity index (χ2n) is 5.23. The zero-order valence-corrected chi connectivity index (χ0v) is 14.9. The number of hydrogen-bond donors (Lipinski definition) is 3. The number of pyridine rings is 1. The maximum Gasteiger partial charge on any atom is 0.296 e. The van der Waals surface area contributed by atoms with E-state index in [2.05, 4.69) is 19.9 Å². The molecule has 1 aromatic carbocycles. The number of hydrogen-bond acceptors (Lipinski definition) is 8. The largest absolute Gasteiger partial charge is 0.493 e. The Bertz CT molecular complexity index is 1010. The van der Waals surface area contributed by atoms with Crippen molar-refractivity contribution in [2.24, 2.45) is 10.7 Å². The Balaban J connectivity index is 1.80. The van der Waals surface area contributed by atoms with Crippen LogP contribution < -0.4 is 19.9 Å². The number of aromatic amines is 1. The highest BCUT2D eigenvalue weighted by Gasteiger charge is 2.12. The Hall–Kier alpha value is -3.82. The molecule has 3 rings (SSSR count). The van der Waals surface area contributed by atoms with Crippen molar-refractivity contribution in [2.45, 2.75) is 0 Å². The van der Waals surface area contributed by atoms with Gasteiger partial charge in [-0.1, -0.05) is 0 Å². The number of nitrogens with one attached hydrogen (secondary N) is 2. The number of imidazole rings is 1. The smallest absolute Gasteiger partial charge is 0.296 e. The lowest BCUT2D eigenvalue weighted by Crippen LogP contribution is -2.20. The predicted octanol–water partition coefficient (Wildman–Crippen LogP) is 1.97. The minimum atomic E-state index is -0.249. The van der Waals surface area contributed by atoms with Gasteiger partial charge in [0.05, 0.1) is 26.8 Å². The van der Waals surface area contributed by atoms with Gasteiger partial charge < -0.3 is 29.7 Å². The first-order chi connectivity index (χ1) is 13.0. The van der Waals surface area contributed by atoms with Crippen molar-refractivity contribution in [3.05, 3.63) is 36.0 Å². The molecule has 0 aliphatic rings. The SMILES string of the molecule is COc1ccc(C(=N)O/C(N)=N/c2nc3c(OC)nccc3[nH]2)cc1OC. The van der Waals surface area contributed by atoms with E-state index in [1.54, 1.807) is 30.5 Å². The summed E-state index contributed by atoms with van der Waals surface area (Å²) in [6.45, 7) is 0. The number of fused-ring (bicyclic) bond motifs is 1. The first-order valence-electron chi connectivity index (χ1n) is 7.77. The standard InChI is InChI=1S/C17H18N6O4/c1-24-11-5-4-9(8-12(11)25-2)14(18)27-16(19)23-17-21-10-6-7-20-15(26-3)13(10)22-17/h4-8,18H,1-3H3,(H3,19,21,22,23). The molecule has 140 valence electrons. The van der Waals surface area contributed by atoms with Gasteiger partial charge in [0.15, 0.2) is 17.0 Å². The van der Waals surface area contributed by atoms with Crippen molar-refractivity contribution in [1.29, 1.82) is 5.41 Å². The molecule has 4 N–H and O–H groups in total. The number of ether oxygens (including phenoxy) is 4. The molecular formula is C17H18N6O4. The first kappa shape index (κ1) is 18.0. The summed E-state index contributed by atoms with van der Waals surface area (Å²) in [7, 11) is 4.54. The molecule has 0 unspecified atom stereocenters. The van der Waals surface area contributed by atoms with Gasteiger partial charge in [0, 0.05) is 11.8 Å². The van der Waals surface area contributed by atoms with Crippen molar-refractivity contribution >= 4 is 28.9 Å². The predicted molar refractivity (Wildman–Crippen MR) is 99.2 cm³/mol. The quantitative estimate of drug-likeness (QED) is 0.460. The van der Waals surface area contributed by atoms with Crippen LogP contribution in [0.5, 0.6) is 17.4 Å². The number of H-pyrrole nitrogens is 1. The maximum absolute atomic E-state index is 8.06. The van der Waals surface area contributed by atoms with Crippen molar-refractivity contribution < 1.29 is 18.9 Å². The van der Waals surface area contributed by atoms with Gasteiger partial charge in [0.2, 0.25) is 17.7 Å². The lowest BCUT2D eigenvalue weighted by Gasteiger charge is -2.10. The van der Waals surface area contributed by atoms with E-state index in [4.69, 9.17) is 30.1 Å². The highest BCUT2D eigenvalue weighted by molar-refractivity contribution is 5.99. The fourth-order valence-corrected chi connectivity index (χ4v) is 2.37. The Morgan fingerprint density at radius 2 is 1.89 bits per heavy atom. The average Bonchev–Trinajstić information content (AvgIpc) is 3.09. The fraction of sp³-hybridized carbons (Fsp3) is 0.176. The van der Waals surface area contributed by atoms with Gasteiger partial charge in [-0.15, -0.1) is 0 Å². The Labute approximate surface area is 154 Å². The second kappa shape index (κ2) is 7.60. The highest BCUT2D eigenvalue weighted by atomic mass is 16.5. The molecule has 3 aromatic rings. The van der Waals surface area contributed by atoms with Gasteiger partial charge in [-0.05, 0) is 24.3 Å². The summed E-state index contributed by atoms with van der Waals surface area (Å²) < 4.78 is 20.8. The van der Waals surface area contributed by atoms with Crippen LogP contribution in [0.3, 0.4) is 0 Å². The molecule has 0 amide bonds. The van der Waals surface area contributed by atoms with Crippen molar-refractivity contribution in [1.82, 2.24) is 15.0 Å². The van der Waals surface area contributed by atoms with Crippen LogP contribution in [0.15, 0.2) is 35.5 Å². The second-order valence-corrected chi connectivity index (χ2v) is 5.23. The molecule has 0 spiro atoms. The van der Waals surface area contributed by atoms with Crippen LogP contribution in [0.25, 0.3) is 11.0 Å². The molecule has 2 heterocycles. The Morgan fingerprint density at radius 1 is 1.11 bits per heavy atom. The van der Waals surface area contributed by atoms with E-state index in [9.17, 15) is 0 Å². The third-order valence-corrected chi connectivity index (χ3v) is 3.62. The summed E-state index contributed by atoms with van der Waals surface area (Å²) in [6, 6.07) is 6.39. The number of nitrogens with two attached hydrogens (primary N) is 1. The third-order valence-electron chi connectivity index (χ3n) is 3.62. The van der Waals surface area contributed by atoms with Crippen LogP contribution in [-0.4, -0.2) is 48.2 Å². The minimum absolute atomic E-state index is 0.201. The molecule has 0 saturated heterocycles. The van der Waals surface area contributed by atoms with Gasteiger partial charge in [-0.3, -0.25) is 5.41 Å². The molecule has 0 fully saturated rings. The molecular weight excluding hydrogens is 352 g/mol. The van der Waals surface area contributed by atoms with Crippen LogP contribution in [0.1, 0.15) is 5.56 Å². The molecule has 0 atom stereocenters. The summed E-state index contributed by atoms with van der Waals surface area (Å²) in [4.78, 5) is 15.3. The highest BCUT2D eigenvalue weighted by Crippen LogP contribution is 2.28. The summed E-state index contributed by atoms with van der Waals surface area (Å²) in [6.07, 6.45) is 1.58. The van der Waals surface area contributed by atoms with Crippen molar-refractivity contribution in [2.75, 3.05) is 21.3 Å². The fourth-order valence-electron chi connectivity index (χ4n) is 2.37. The van der Waals surface area contributed by atoms with Crippen LogP contribution in [-0.2, 0) is 4.74 Å². The van der Waals surface area contributed by atoms with E-state index >= 15 is 0 Å². The lowest BCUT2D eigenvalue weighted by atomic mass is 10.2. The van der Waals surface area contributed by atoms with Gasteiger partial charge in [-0.25, -0.2) is 9.97 Å². The number of aliphatic imine (C=N–C) groups is 1. The topological polar surface area (TPSA) is 141 Å². The molecule has 10 heteroatoms. The molecule has 0 aliphatic heterocycles. The van der Waals surface area contributed by atoms with Crippen LogP contribution >= 0.6 is 0 Å². The first-order valence-corrected chi connectivity index (χ1v) is 7.77. The molecule has 0 bridgehead atoms. The average molecular weight is 370 g/mol. The summed E-state index contributed by atoms with van der Waals surface area (Å²) >= 11 is 0. The van der Waals surface area contributed by atoms with E-state index in [-0.39, 0.29) is 17.9 Å². The van der Waals surface area contributed by atoms with Gasteiger partial charge >= 0.3 is 0 Å². The van der Waals surface area contributed by atoms with Gasteiger partial charge in [-0.2, -0.15) is 4.99 Å². The third kappa shape index (κ3) is 3.73. The normalized spacial score (nSPS) is 11.3. The Morgan fingerprint density at radius 3 is 2.59 bits per heavy atom. The molecule has 10 nitrogen and oxygen atoms in total. The van der Waals surface area contributed by atoms with Crippen LogP contribution in [0.2, 0.25) is 0 Å². The monoisotopic (exact) mass is 370 g/mol. The van der Waals surface area contributed by atoms with Crippen LogP contribution in [0, 0.1) is 5.41 Å². The summed E-state index contributed by atoms with van der Waals surface area (Å²) in [5, 5.41) is 8.06. The number of nitrogens with zero attached hydrogens (tertiary/aromatic N) is 3. The van der Waals surface area contributed by atoms with E-state index < -0.39 is 0 Å². The van der Waals surface area contributed by atoms with E-state index in [0.717, 1.165) is 0 Å². The molecule has 0 radical (unpaired) electrons. The maximum atomic E-state index is 8.06. The van der Waals surface area contributed by atoms with E-state index in [1.807, 2.05) is 0 Å². The van der Waals surface area contributed by atoms with Gasteiger partial charge in [0.1, 0.15) is 0 Å². The molecule has 2 aromatic heterocycles. The molecule has 0 saturated carbocycles. The number of rotatable bonds is 5. The lowest BCUT2D eigenvalue weighted by molar-refractivity contribution is 0.354. The zero-order valence-electron chi connectivity index (χ0n) is 14.9. The summed E-state index contributed by atoms with van der Waals surface area (Å²) in [5.41, 5.74) is 7.43. The van der Waals surface area contributed by atoms with Crippen molar-refractivity contribution in [3.8, 4) is 17.4 Å². The van der Waals surface area contributed by atoms with Crippen molar-refractivity contribution in [3.63, 3.8) is 0 Å². The van der Waals surface area contributed by atoms with E-state index in [1.165, 1.54) is 21.3 Å². The zero-order chi connectivity index (χ0) is 19.4. The minimum Gasteiger partial charge on any atom is -0.493 e. The number of aromatic nitrogens is 3. The molecule has 27 heavy (non-hydrogen) atoms. The Kier molecular flexibility index (Phi) is 5.06. The summed E-state index contributed by atoms with van der Waals surface area (Å²) in [5.74, 6) is 1.38. The van der Waals surface area contributed by atoms with Gasteiger partial charge in [0.25, 0.3) is 6.02 Å². The number of methoxy groups -OCH3 is 3. The number of benzene rings is 1. The molecule has 0 aliphatic carbocycles. The van der Waals surface area contributed by atoms with E-state index in [0.29, 0.717) is 34.0 Å². The number of amidine groups is 1.